The second-order valence-electron chi connectivity index (χ2n) is 9.27. The highest BCUT2D eigenvalue weighted by atomic mass is 32.2. The maximum Gasteiger partial charge on any atom is 0.211 e. The lowest BCUT2D eigenvalue weighted by molar-refractivity contribution is 0.249. The van der Waals surface area contributed by atoms with Gasteiger partial charge in [0.25, 0.3) is 0 Å². The van der Waals surface area contributed by atoms with Gasteiger partial charge in [0, 0.05) is 30.1 Å². The van der Waals surface area contributed by atoms with E-state index in [0.29, 0.717) is 36.6 Å². The predicted octanol–water partition coefficient (Wildman–Crippen LogP) is 4.20. The van der Waals surface area contributed by atoms with Crippen LogP contribution >= 0.6 is 11.8 Å². The van der Waals surface area contributed by atoms with Crippen molar-refractivity contribution in [3.05, 3.63) is 42.4 Å². The van der Waals surface area contributed by atoms with Gasteiger partial charge in [0.15, 0.2) is 22.1 Å². The Labute approximate surface area is 220 Å². The third kappa shape index (κ3) is 5.46. The van der Waals surface area contributed by atoms with E-state index in [1.807, 2.05) is 41.8 Å². The second kappa shape index (κ2) is 10.3. The molecule has 5 rings (SSSR count). The summed E-state index contributed by atoms with van der Waals surface area (Å²) in [7, 11) is -1.57. The molecule has 0 radical (unpaired) electrons. The van der Waals surface area contributed by atoms with Crippen LogP contribution in [0.3, 0.4) is 0 Å². The molecule has 12 heteroatoms. The molecule has 1 saturated heterocycles. The number of benzene rings is 1. The van der Waals surface area contributed by atoms with Crippen molar-refractivity contribution in [1.82, 2.24) is 23.8 Å². The van der Waals surface area contributed by atoms with Gasteiger partial charge in [-0.15, -0.1) is 0 Å². The first kappa shape index (κ1) is 25.6. The quantitative estimate of drug-likeness (QED) is 0.348. The summed E-state index contributed by atoms with van der Waals surface area (Å²) in [5.74, 6) is 2.87. The number of nitrogen functional groups attached to an aromatic ring is 1. The number of methoxy groups -OCH3 is 1. The van der Waals surface area contributed by atoms with Crippen LogP contribution in [0.25, 0.3) is 22.5 Å². The monoisotopic (exact) mass is 542 g/mol. The van der Waals surface area contributed by atoms with Gasteiger partial charge in [-0.2, -0.15) is 0 Å². The molecule has 0 saturated carbocycles. The third-order valence-electron chi connectivity index (χ3n) is 6.63. The Kier molecular flexibility index (Phi) is 7.15. The molecule has 1 aromatic carbocycles. The molecule has 0 spiro atoms. The number of nitrogens with two attached hydrogens (primary N) is 1. The minimum Gasteiger partial charge on any atom is -0.497 e. The number of piperidine rings is 1. The highest BCUT2D eigenvalue weighted by Crippen LogP contribution is 2.40. The number of imidazole rings is 1. The van der Waals surface area contributed by atoms with E-state index in [1.54, 1.807) is 11.4 Å². The summed E-state index contributed by atoms with van der Waals surface area (Å²) in [6.07, 6.45) is 5.35. The lowest BCUT2D eigenvalue weighted by Crippen LogP contribution is -2.39. The van der Waals surface area contributed by atoms with Gasteiger partial charge in [-0.3, -0.25) is 0 Å². The van der Waals surface area contributed by atoms with Gasteiger partial charge in [-0.05, 0) is 62.4 Å². The van der Waals surface area contributed by atoms with Crippen molar-refractivity contribution >= 4 is 38.8 Å². The van der Waals surface area contributed by atoms with E-state index in [9.17, 15) is 8.42 Å². The van der Waals surface area contributed by atoms with Crippen molar-refractivity contribution in [2.24, 2.45) is 5.92 Å². The maximum absolute atomic E-state index is 12.1. The number of anilines is 1. The third-order valence-corrected chi connectivity index (χ3v) is 8.95. The number of aromatic nitrogens is 4. The van der Waals surface area contributed by atoms with Gasteiger partial charge in [0.1, 0.15) is 23.6 Å². The molecule has 3 aromatic heterocycles. The van der Waals surface area contributed by atoms with Crippen LogP contribution in [0.4, 0.5) is 5.82 Å². The number of aryl methyl sites for hydroxylation is 2. The molecule has 0 amide bonds. The molecular formula is C25H30N6O4S2. The topological polar surface area (TPSA) is 129 Å². The van der Waals surface area contributed by atoms with E-state index in [0.717, 1.165) is 52.1 Å². The Balaban J connectivity index is 1.49. The maximum atomic E-state index is 12.1. The van der Waals surface area contributed by atoms with Crippen LogP contribution in [-0.4, -0.2) is 58.7 Å². The first-order valence-electron chi connectivity index (χ1n) is 12.1. The van der Waals surface area contributed by atoms with Crippen LogP contribution in [0, 0.1) is 12.8 Å². The Bertz CT molecular complexity index is 1530. The molecule has 1 aliphatic rings. The molecule has 4 heterocycles. The first-order valence-corrected chi connectivity index (χ1v) is 14.7. The molecule has 0 aliphatic carbocycles. The van der Waals surface area contributed by atoms with Crippen molar-refractivity contribution in [3.8, 4) is 17.1 Å². The fraction of sp³-hybridized carbons (Fsp3) is 0.400. The minimum atomic E-state index is -3.20. The Morgan fingerprint density at radius 3 is 2.81 bits per heavy atom. The van der Waals surface area contributed by atoms with E-state index in [1.165, 1.54) is 24.3 Å². The zero-order valence-corrected chi connectivity index (χ0v) is 22.7. The molecule has 1 aliphatic heterocycles. The van der Waals surface area contributed by atoms with E-state index >= 15 is 0 Å². The summed E-state index contributed by atoms with van der Waals surface area (Å²) in [4.78, 5) is 14.3. The molecule has 1 atom stereocenters. The molecule has 1 unspecified atom stereocenters. The molecule has 4 aromatic rings. The number of furan rings is 1. The van der Waals surface area contributed by atoms with E-state index in [2.05, 4.69) is 9.97 Å². The van der Waals surface area contributed by atoms with Crippen molar-refractivity contribution in [1.29, 1.82) is 0 Å². The fourth-order valence-electron chi connectivity index (χ4n) is 4.68. The van der Waals surface area contributed by atoms with Crippen molar-refractivity contribution in [2.45, 2.75) is 42.8 Å². The summed E-state index contributed by atoms with van der Waals surface area (Å²) in [6, 6.07) is 9.72. The minimum absolute atomic E-state index is 0.247. The summed E-state index contributed by atoms with van der Waals surface area (Å²) in [6.45, 7) is 3.65. The van der Waals surface area contributed by atoms with Gasteiger partial charge >= 0.3 is 0 Å². The average molecular weight is 543 g/mol. The van der Waals surface area contributed by atoms with Gasteiger partial charge in [-0.1, -0.05) is 11.8 Å². The standard InChI is InChI=1S/C25H30N6O4S2/c1-16-6-9-20(35-16)19-8-7-18(34-2)13-21(19)36-25-29-22-23(26)27-15-28-24(22)31(25)12-10-17-5-4-11-30(14-17)37(3,32)33/h6-9,13,15,17H,4-5,10-12,14H2,1-3H3,(H2,26,27,28). The highest BCUT2D eigenvalue weighted by molar-refractivity contribution is 7.99. The van der Waals surface area contributed by atoms with Crippen LogP contribution in [0.15, 0.2) is 51.1 Å². The summed E-state index contributed by atoms with van der Waals surface area (Å²) < 4.78 is 39.2. The molecule has 37 heavy (non-hydrogen) atoms. The van der Waals surface area contributed by atoms with E-state index < -0.39 is 10.0 Å². The normalized spacial score (nSPS) is 16.9. The number of hydrogen-bond acceptors (Lipinski definition) is 9. The van der Waals surface area contributed by atoms with Crippen molar-refractivity contribution in [3.63, 3.8) is 0 Å². The van der Waals surface area contributed by atoms with Crippen LogP contribution in [-0.2, 0) is 16.6 Å². The van der Waals surface area contributed by atoms with Crippen molar-refractivity contribution < 1.29 is 17.6 Å². The number of rotatable bonds is 8. The number of sulfonamides is 1. The largest absolute Gasteiger partial charge is 0.497 e. The second-order valence-corrected chi connectivity index (χ2v) is 12.3. The van der Waals surface area contributed by atoms with E-state index in [-0.39, 0.29) is 5.92 Å². The average Bonchev–Trinajstić information content (AvgIpc) is 3.46. The molecule has 10 nitrogen and oxygen atoms in total. The van der Waals surface area contributed by atoms with Crippen LogP contribution < -0.4 is 10.5 Å². The first-order chi connectivity index (χ1) is 17.7. The number of fused-ring (bicyclic) bond motifs is 1. The SMILES string of the molecule is COc1ccc(-c2ccc(C)o2)c(Sc2nc3c(N)ncnc3n2CCC2CCCN(S(C)(=O)=O)C2)c1. The summed E-state index contributed by atoms with van der Waals surface area (Å²) in [5.41, 5.74) is 8.29. The summed E-state index contributed by atoms with van der Waals surface area (Å²) in [5, 5.41) is 0.718. The molecule has 2 N–H and O–H groups in total. The van der Waals surface area contributed by atoms with Crippen LogP contribution in [0.5, 0.6) is 5.75 Å². The van der Waals surface area contributed by atoms with Crippen molar-refractivity contribution in [2.75, 3.05) is 32.2 Å². The number of nitrogens with zero attached hydrogens (tertiary/aromatic N) is 5. The van der Waals surface area contributed by atoms with Gasteiger partial charge in [0.05, 0.1) is 13.4 Å². The zero-order chi connectivity index (χ0) is 26.2. The Morgan fingerprint density at radius 2 is 2.08 bits per heavy atom. The lowest BCUT2D eigenvalue weighted by Gasteiger charge is -2.31. The molecule has 0 bridgehead atoms. The predicted molar refractivity (Wildman–Crippen MR) is 143 cm³/mol. The lowest BCUT2D eigenvalue weighted by atomic mass is 9.96. The highest BCUT2D eigenvalue weighted by Gasteiger charge is 2.27. The molecule has 196 valence electrons. The molecule has 1 fully saturated rings. The van der Waals surface area contributed by atoms with E-state index in [4.69, 9.17) is 19.9 Å². The zero-order valence-electron chi connectivity index (χ0n) is 21.0. The van der Waals surface area contributed by atoms with Gasteiger partial charge < -0.3 is 19.5 Å². The summed E-state index contributed by atoms with van der Waals surface area (Å²) >= 11 is 1.48. The fourth-order valence-corrected chi connectivity index (χ4v) is 6.70. The van der Waals surface area contributed by atoms with Crippen LogP contribution in [0.2, 0.25) is 0 Å². The van der Waals surface area contributed by atoms with Gasteiger partial charge in [-0.25, -0.2) is 27.7 Å². The smallest absolute Gasteiger partial charge is 0.211 e. The number of hydrogen-bond donors (Lipinski definition) is 1. The molecular weight excluding hydrogens is 512 g/mol. The Morgan fingerprint density at radius 1 is 1.24 bits per heavy atom. The van der Waals surface area contributed by atoms with Crippen LogP contribution in [0.1, 0.15) is 25.0 Å². The Hall–Kier alpha value is -3.09. The van der Waals surface area contributed by atoms with Gasteiger partial charge in [0.2, 0.25) is 10.0 Å². The number of ether oxygens (including phenoxy) is 1.